The molecule has 1 atom stereocenters. The topological polar surface area (TPSA) is 50.2 Å². The molecule has 1 aliphatic heterocycles. The average Bonchev–Trinajstić information content (AvgIpc) is 2.81. The van der Waals surface area contributed by atoms with Crippen molar-refractivity contribution in [2.45, 2.75) is 25.9 Å². The van der Waals surface area contributed by atoms with Crippen molar-refractivity contribution in [3.63, 3.8) is 0 Å². The Balaban J connectivity index is 1.90. The molecule has 0 aromatic carbocycles. The van der Waals surface area contributed by atoms with Crippen LogP contribution in [0.25, 0.3) is 0 Å². The number of nitrogens with zero attached hydrogens (tertiary/aromatic N) is 3. The first-order valence-electron chi connectivity index (χ1n) is 7.38. The molecule has 0 spiro atoms. The number of hydrogen-bond donors (Lipinski definition) is 1. The first kappa shape index (κ1) is 16.8. The zero-order chi connectivity index (χ0) is 16.3. The minimum atomic E-state index is -4.63. The molecule has 0 aliphatic carbocycles. The van der Waals surface area contributed by atoms with E-state index >= 15 is 0 Å². The van der Waals surface area contributed by atoms with Gasteiger partial charge in [0.2, 0.25) is 0 Å². The second-order valence-electron chi connectivity index (χ2n) is 5.87. The molecule has 1 unspecified atom stereocenters. The molecule has 1 aliphatic rings. The van der Waals surface area contributed by atoms with E-state index in [9.17, 15) is 18.0 Å². The number of aryl methyl sites for hydroxylation is 1. The van der Waals surface area contributed by atoms with E-state index in [0.29, 0.717) is 19.0 Å². The fourth-order valence-electron chi connectivity index (χ4n) is 2.78. The largest absolute Gasteiger partial charge is 0.435 e. The van der Waals surface area contributed by atoms with Gasteiger partial charge in [0.1, 0.15) is 0 Å². The Morgan fingerprint density at radius 3 is 2.86 bits per heavy atom. The van der Waals surface area contributed by atoms with Crippen LogP contribution in [0.1, 0.15) is 35.8 Å². The Morgan fingerprint density at radius 1 is 1.50 bits per heavy atom. The summed E-state index contributed by atoms with van der Waals surface area (Å²) >= 11 is 0. The van der Waals surface area contributed by atoms with Gasteiger partial charge >= 0.3 is 6.18 Å². The number of alkyl halides is 3. The average molecular weight is 318 g/mol. The van der Waals surface area contributed by atoms with Crippen molar-refractivity contribution in [2.75, 3.05) is 26.2 Å². The molecule has 0 radical (unpaired) electrons. The monoisotopic (exact) mass is 318 g/mol. The third kappa shape index (κ3) is 4.22. The van der Waals surface area contributed by atoms with Crippen molar-refractivity contribution in [2.24, 2.45) is 13.0 Å². The van der Waals surface area contributed by atoms with Crippen LogP contribution >= 0.6 is 0 Å². The highest BCUT2D eigenvalue weighted by Gasteiger charge is 2.38. The lowest BCUT2D eigenvalue weighted by atomic mass is 10.0. The molecule has 2 heterocycles. The van der Waals surface area contributed by atoms with Gasteiger partial charge < -0.3 is 10.2 Å². The van der Waals surface area contributed by atoms with E-state index in [1.807, 2.05) is 0 Å². The molecule has 124 valence electrons. The lowest BCUT2D eigenvalue weighted by Gasteiger charge is -2.30. The maximum atomic E-state index is 12.8. The quantitative estimate of drug-likeness (QED) is 0.922. The van der Waals surface area contributed by atoms with E-state index in [-0.39, 0.29) is 0 Å². The number of carbonyl (C=O) groups excluding carboxylic acids is 1. The summed E-state index contributed by atoms with van der Waals surface area (Å²) in [5.74, 6) is -0.106. The standard InChI is InChI=1S/C14H21F3N4O/c1-10-4-3-6-21(8-10)7-5-18-13(22)11-9-20(2)19-12(11)14(15,16)17/h9-10H,3-8H2,1-2H3,(H,18,22). The zero-order valence-corrected chi connectivity index (χ0v) is 12.8. The van der Waals surface area contributed by atoms with Gasteiger partial charge in [-0.2, -0.15) is 18.3 Å². The SMILES string of the molecule is CC1CCCN(CCNC(=O)c2cn(C)nc2C(F)(F)F)C1. The summed E-state index contributed by atoms with van der Waals surface area (Å²) in [7, 11) is 1.36. The smallest absolute Gasteiger partial charge is 0.351 e. The summed E-state index contributed by atoms with van der Waals surface area (Å²) in [4.78, 5) is 14.2. The predicted octanol–water partition coefficient (Wildman–Crippen LogP) is 1.90. The van der Waals surface area contributed by atoms with Gasteiger partial charge in [-0.15, -0.1) is 0 Å². The lowest BCUT2D eigenvalue weighted by molar-refractivity contribution is -0.141. The molecule has 1 amide bonds. The first-order valence-corrected chi connectivity index (χ1v) is 7.38. The van der Waals surface area contributed by atoms with Crippen LogP contribution in [0.4, 0.5) is 13.2 Å². The third-order valence-corrected chi connectivity index (χ3v) is 3.80. The zero-order valence-electron chi connectivity index (χ0n) is 12.8. The Labute approximate surface area is 127 Å². The van der Waals surface area contributed by atoms with Crippen LogP contribution in [0, 0.1) is 5.92 Å². The normalized spacial score (nSPS) is 20.1. The number of carbonyl (C=O) groups is 1. The van der Waals surface area contributed by atoms with Gasteiger partial charge in [-0.05, 0) is 25.3 Å². The highest BCUT2D eigenvalue weighted by Crippen LogP contribution is 2.30. The summed E-state index contributed by atoms with van der Waals surface area (Å²) in [6.45, 7) is 5.10. The van der Waals surface area contributed by atoms with Crippen LogP contribution < -0.4 is 5.32 Å². The van der Waals surface area contributed by atoms with Crippen LogP contribution in [0.3, 0.4) is 0 Å². The second-order valence-corrected chi connectivity index (χ2v) is 5.87. The van der Waals surface area contributed by atoms with Crippen LogP contribution in [0.15, 0.2) is 6.20 Å². The van der Waals surface area contributed by atoms with Gasteiger partial charge in [0.15, 0.2) is 5.69 Å². The number of piperidine rings is 1. The number of likely N-dealkylation sites (tertiary alicyclic amines) is 1. The Kier molecular flexibility index (Phi) is 5.10. The first-order chi connectivity index (χ1) is 10.3. The molecule has 8 heteroatoms. The van der Waals surface area contributed by atoms with Crippen LogP contribution in [0.5, 0.6) is 0 Å². The van der Waals surface area contributed by atoms with E-state index in [2.05, 4.69) is 22.2 Å². The predicted molar refractivity (Wildman–Crippen MR) is 75.4 cm³/mol. The molecule has 5 nitrogen and oxygen atoms in total. The number of hydrogen-bond acceptors (Lipinski definition) is 3. The van der Waals surface area contributed by atoms with Crippen LogP contribution in [-0.4, -0.2) is 46.8 Å². The number of aromatic nitrogens is 2. The lowest BCUT2D eigenvalue weighted by Crippen LogP contribution is -2.40. The van der Waals surface area contributed by atoms with E-state index in [4.69, 9.17) is 0 Å². The fourth-order valence-corrected chi connectivity index (χ4v) is 2.78. The minimum Gasteiger partial charge on any atom is -0.351 e. The van der Waals surface area contributed by atoms with Gasteiger partial charge in [-0.1, -0.05) is 6.92 Å². The molecule has 1 aromatic rings. The van der Waals surface area contributed by atoms with E-state index < -0.39 is 23.3 Å². The van der Waals surface area contributed by atoms with Gasteiger partial charge in [0.25, 0.3) is 5.91 Å². The van der Waals surface area contributed by atoms with Crippen molar-refractivity contribution in [3.8, 4) is 0 Å². The van der Waals surface area contributed by atoms with Crippen molar-refractivity contribution < 1.29 is 18.0 Å². The molecule has 22 heavy (non-hydrogen) atoms. The summed E-state index contributed by atoms with van der Waals surface area (Å²) in [6, 6.07) is 0. The number of rotatable bonds is 4. The van der Waals surface area contributed by atoms with Crippen molar-refractivity contribution in [1.82, 2.24) is 20.0 Å². The van der Waals surface area contributed by atoms with Gasteiger partial charge in [0, 0.05) is 32.9 Å². The number of amides is 1. The Morgan fingerprint density at radius 2 is 2.23 bits per heavy atom. The van der Waals surface area contributed by atoms with Gasteiger partial charge in [-0.25, -0.2) is 0 Å². The van der Waals surface area contributed by atoms with Gasteiger partial charge in [-0.3, -0.25) is 9.48 Å². The van der Waals surface area contributed by atoms with Crippen LogP contribution in [0.2, 0.25) is 0 Å². The van der Waals surface area contributed by atoms with Crippen molar-refractivity contribution in [3.05, 3.63) is 17.5 Å². The maximum Gasteiger partial charge on any atom is 0.435 e. The molecular weight excluding hydrogens is 297 g/mol. The summed E-state index contributed by atoms with van der Waals surface area (Å²) in [6.07, 6.45) is -1.21. The molecule has 1 N–H and O–H groups in total. The summed E-state index contributed by atoms with van der Waals surface area (Å²) in [5, 5.41) is 5.88. The summed E-state index contributed by atoms with van der Waals surface area (Å²) < 4.78 is 39.4. The fraction of sp³-hybridized carbons (Fsp3) is 0.714. The highest BCUT2D eigenvalue weighted by molar-refractivity contribution is 5.95. The molecule has 1 saturated heterocycles. The van der Waals surface area contributed by atoms with Crippen LogP contribution in [-0.2, 0) is 13.2 Å². The van der Waals surface area contributed by atoms with Crippen molar-refractivity contribution >= 4 is 5.91 Å². The molecule has 0 saturated carbocycles. The van der Waals surface area contributed by atoms with E-state index in [1.165, 1.54) is 13.5 Å². The summed E-state index contributed by atoms with van der Waals surface area (Å²) in [5.41, 5.74) is -1.57. The maximum absolute atomic E-state index is 12.8. The minimum absolute atomic E-state index is 0.331. The highest BCUT2D eigenvalue weighted by atomic mass is 19.4. The third-order valence-electron chi connectivity index (χ3n) is 3.80. The second kappa shape index (κ2) is 6.68. The molecule has 2 rings (SSSR count). The Hall–Kier alpha value is -1.57. The molecule has 1 aromatic heterocycles. The molecule has 1 fully saturated rings. The van der Waals surface area contributed by atoms with E-state index in [0.717, 1.165) is 30.4 Å². The molecular formula is C14H21F3N4O. The number of nitrogens with one attached hydrogen (secondary N) is 1. The molecule has 0 bridgehead atoms. The number of halogens is 3. The van der Waals surface area contributed by atoms with Crippen molar-refractivity contribution in [1.29, 1.82) is 0 Å². The Bertz CT molecular complexity index is 527. The van der Waals surface area contributed by atoms with Gasteiger partial charge in [0.05, 0.1) is 5.56 Å². The van der Waals surface area contributed by atoms with E-state index in [1.54, 1.807) is 0 Å².